The SMILES string of the molecule is C=CCOc1ccc(C(O)=C2C(=O)C(=O)N(CCN3CCOCC3)[C@H]2c2ccc(OCCC)cc2)cc1. The van der Waals surface area contributed by atoms with Gasteiger partial charge in [0.1, 0.15) is 23.9 Å². The van der Waals surface area contributed by atoms with Crippen LogP contribution in [0.5, 0.6) is 11.5 Å². The molecule has 0 aliphatic carbocycles. The lowest BCUT2D eigenvalue weighted by Crippen LogP contribution is -2.42. The third kappa shape index (κ3) is 6.21. The number of carbonyl (C=O) groups excluding carboxylic acids is 2. The molecule has 196 valence electrons. The molecule has 2 fully saturated rings. The summed E-state index contributed by atoms with van der Waals surface area (Å²) in [5.41, 5.74) is 1.25. The van der Waals surface area contributed by atoms with E-state index in [1.807, 2.05) is 31.2 Å². The lowest BCUT2D eigenvalue weighted by molar-refractivity contribution is -0.140. The Bertz CT molecular complexity index is 1120. The van der Waals surface area contributed by atoms with Crippen LogP contribution in [-0.2, 0) is 14.3 Å². The molecule has 2 aromatic rings. The highest BCUT2D eigenvalue weighted by molar-refractivity contribution is 6.46. The summed E-state index contributed by atoms with van der Waals surface area (Å²) in [6.07, 6.45) is 2.53. The molecule has 2 saturated heterocycles. The molecule has 1 atom stereocenters. The maximum atomic E-state index is 13.3. The van der Waals surface area contributed by atoms with Crippen molar-refractivity contribution in [2.45, 2.75) is 19.4 Å². The Morgan fingerprint density at radius 1 is 1.03 bits per heavy atom. The first-order valence-electron chi connectivity index (χ1n) is 12.7. The van der Waals surface area contributed by atoms with Gasteiger partial charge in [-0.15, -0.1) is 0 Å². The zero-order valence-corrected chi connectivity index (χ0v) is 21.2. The van der Waals surface area contributed by atoms with Crippen LogP contribution in [0.3, 0.4) is 0 Å². The average molecular weight is 507 g/mol. The lowest BCUT2D eigenvalue weighted by Gasteiger charge is -2.31. The fraction of sp³-hybridized carbons (Fsp3) is 0.379. The molecule has 2 aliphatic rings. The van der Waals surface area contributed by atoms with Crippen molar-refractivity contribution in [1.29, 1.82) is 0 Å². The number of nitrogens with zero attached hydrogens (tertiary/aromatic N) is 2. The number of benzene rings is 2. The molecule has 0 saturated carbocycles. The third-order valence-corrected chi connectivity index (χ3v) is 6.47. The van der Waals surface area contributed by atoms with E-state index in [9.17, 15) is 14.7 Å². The van der Waals surface area contributed by atoms with Gasteiger partial charge < -0.3 is 24.2 Å². The van der Waals surface area contributed by atoms with Gasteiger partial charge in [-0.05, 0) is 48.4 Å². The Labute approximate surface area is 217 Å². The number of morpholine rings is 1. The van der Waals surface area contributed by atoms with Crippen LogP contribution in [0.1, 0.15) is 30.5 Å². The molecule has 2 heterocycles. The van der Waals surface area contributed by atoms with Crippen LogP contribution in [0.4, 0.5) is 0 Å². The summed E-state index contributed by atoms with van der Waals surface area (Å²) in [7, 11) is 0. The molecule has 0 radical (unpaired) electrons. The number of likely N-dealkylation sites (tertiary alicyclic amines) is 1. The van der Waals surface area contributed by atoms with Crippen molar-refractivity contribution in [2.24, 2.45) is 0 Å². The number of ketones is 1. The molecule has 37 heavy (non-hydrogen) atoms. The molecule has 0 bridgehead atoms. The molecule has 2 aliphatic heterocycles. The fourth-order valence-electron chi connectivity index (χ4n) is 4.52. The molecule has 0 spiro atoms. The third-order valence-electron chi connectivity index (χ3n) is 6.47. The lowest BCUT2D eigenvalue weighted by atomic mass is 9.95. The molecule has 1 amide bonds. The molecule has 4 rings (SSSR count). The van der Waals surface area contributed by atoms with Crippen LogP contribution >= 0.6 is 0 Å². The fourth-order valence-corrected chi connectivity index (χ4v) is 4.52. The molecule has 1 N–H and O–H groups in total. The smallest absolute Gasteiger partial charge is 0.295 e. The Balaban J connectivity index is 1.67. The van der Waals surface area contributed by atoms with Crippen molar-refractivity contribution in [3.63, 3.8) is 0 Å². The van der Waals surface area contributed by atoms with Gasteiger partial charge in [0.15, 0.2) is 0 Å². The van der Waals surface area contributed by atoms with Gasteiger partial charge in [-0.1, -0.05) is 31.7 Å². The second-order valence-corrected chi connectivity index (χ2v) is 8.99. The van der Waals surface area contributed by atoms with Crippen molar-refractivity contribution in [2.75, 3.05) is 52.6 Å². The summed E-state index contributed by atoms with van der Waals surface area (Å²) >= 11 is 0. The van der Waals surface area contributed by atoms with E-state index < -0.39 is 17.7 Å². The summed E-state index contributed by atoms with van der Waals surface area (Å²) in [5, 5.41) is 11.3. The Hall–Kier alpha value is -3.62. The number of Topliss-reactive ketones (excluding diaryl/α,β-unsaturated/α-hetero) is 1. The van der Waals surface area contributed by atoms with Crippen molar-refractivity contribution < 1.29 is 28.9 Å². The second kappa shape index (κ2) is 12.6. The minimum Gasteiger partial charge on any atom is -0.507 e. The zero-order chi connectivity index (χ0) is 26.2. The normalized spacial score (nSPS) is 19.7. The predicted molar refractivity (Wildman–Crippen MR) is 141 cm³/mol. The van der Waals surface area contributed by atoms with Crippen molar-refractivity contribution >= 4 is 17.4 Å². The summed E-state index contributed by atoms with van der Waals surface area (Å²) in [6, 6.07) is 13.4. The van der Waals surface area contributed by atoms with E-state index in [0.717, 1.165) is 25.1 Å². The van der Waals surface area contributed by atoms with Crippen LogP contribution in [-0.4, -0.2) is 79.2 Å². The zero-order valence-electron chi connectivity index (χ0n) is 21.2. The van der Waals surface area contributed by atoms with E-state index in [0.29, 0.717) is 56.6 Å². The maximum absolute atomic E-state index is 13.3. The quantitative estimate of drug-likeness (QED) is 0.215. The number of rotatable bonds is 11. The van der Waals surface area contributed by atoms with Crippen LogP contribution in [0.2, 0.25) is 0 Å². The maximum Gasteiger partial charge on any atom is 0.295 e. The number of aliphatic hydroxyl groups is 1. The van der Waals surface area contributed by atoms with Crippen LogP contribution in [0.15, 0.2) is 66.8 Å². The Morgan fingerprint density at radius 3 is 2.32 bits per heavy atom. The second-order valence-electron chi connectivity index (χ2n) is 8.99. The molecule has 8 nitrogen and oxygen atoms in total. The van der Waals surface area contributed by atoms with E-state index >= 15 is 0 Å². The van der Waals surface area contributed by atoms with E-state index in [-0.39, 0.29) is 11.3 Å². The highest BCUT2D eigenvalue weighted by Crippen LogP contribution is 2.40. The molecular formula is C29H34N2O6. The summed E-state index contributed by atoms with van der Waals surface area (Å²) in [5.74, 6) is -0.189. The van der Waals surface area contributed by atoms with Gasteiger partial charge in [0.05, 0.1) is 31.4 Å². The first-order valence-corrected chi connectivity index (χ1v) is 12.7. The number of aliphatic hydroxyl groups excluding tert-OH is 1. The Kier molecular flexibility index (Phi) is 8.98. The molecular weight excluding hydrogens is 472 g/mol. The molecule has 8 heteroatoms. The van der Waals surface area contributed by atoms with Gasteiger partial charge in [0.25, 0.3) is 11.7 Å². The van der Waals surface area contributed by atoms with Gasteiger partial charge in [-0.3, -0.25) is 14.5 Å². The first kappa shape index (κ1) is 26.4. The number of amides is 1. The van der Waals surface area contributed by atoms with Crippen LogP contribution in [0, 0.1) is 0 Å². The van der Waals surface area contributed by atoms with E-state index in [4.69, 9.17) is 14.2 Å². The molecule has 0 aromatic heterocycles. The van der Waals surface area contributed by atoms with Gasteiger partial charge >= 0.3 is 0 Å². The van der Waals surface area contributed by atoms with Crippen molar-refractivity contribution in [1.82, 2.24) is 9.80 Å². The van der Waals surface area contributed by atoms with Crippen LogP contribution < -0.4 is 9.47 Å². The van der Waals surface area contributed by atoms with Crippen LogP contribution in [0.25, 0.3) is 5.76 Å². The van der Waals surface area contributed by atoms with Gasteiger partial charge in [0, 0.05) is 31.7 Å². The predicted octanol–water partition coefficient (Wildman–Crippen LogP) is 3.79. The number of carbonyl (C=O) groups is 2. The molecule has 0 unspecified atom stereocenters. The number of ether oxygens (including phenoxy) is 3. The highest BCUT2D eigenvalue weighted by atomic mass is 16.5. The van der Waals surface area contributed by atoms with Crippen molar-refractivity contribution in [3.05, 3.63) is 77.9 Å². The molecule has 2 aromatic carbocycles. The largest absolute Gasteiger partial charge is 0.507 e. The Morgan fingerprint density at radius 2 is 1.68 bits per heavy atom. The van der Waals surface area contributed by atoms with Gasteiger partial charge in [-0.25, -0.2) is 0 Å². The highest BCUT2D eigenvalue weighted by Gasteiger charge is 2.46. The minimum absolute atomic E-state index is 0.0777. The summed E-state index contributed by atoms with van der Waals surface area (Å²) in [6.45, 7) is 10.4. The van der Waals surface area contributed by atoms with Gasteiger partial charge in [-0.2, -0.15) is 0 Å². The van der Waals surface area contributed by atoms with E-state index in [1.165, 1.54) is 0 Å². The van der Waals surface area contributed by atoms with E-state index in [2.05, 4.69) is 11.5 Å². The monoisotopic (exact) mass is 506 g/mol. The minimum atomic E-state index is -0.710. The van der Waals surface area contributed by atoms with Crippen molar-refractivity contribution in [3.8, 4) is 11.5 Å². The first-order chi connectivity index (χ1) is 18.0. The summed E-state index contributed by atoms with van der Waals surface area (Å²) < 4.78 is 16.6. The standard InChI is InChI=1S/C29H34N2O6/c1-3-17-36-23-9-5-21(6-10-23)26-25(27(32)22-7-11-24(12-8-22)37-18-4-2)28(33)29(34)31(26)14-13-30-15-19-35-20-16-30/h4-12,26,32H,2-3,13-20H2,1H3/t26-/m0/s1. The van der Waals surface area contributed by atoms with E-state index in [1.54, 1.807) is 35.2 Å². The average Bonchev–Trinajstić information content (AvgIpc) is 3.19. The topological polar surface area (TPSA) is 88.5 Å². The van der Waals surface area contributed by atoms with Gasteiger partial charge in [0.2, 0.25) is 0 Å². The number of hydrogen-bond donors (Lipinski definition) is 1. The number of hydrogen-bond acceptors (Lipinski definition) is 7. The summed E-state index contributed by atoms with van der Waals surface area (Å²) in [4.78, 5) is 30.3.